The van der Waals surface area contributed by atoms with Crippen LogP contribution < -0.4 is 4.74 Å². The molecule has 7 heteroatoms. The fourth-order valence-electron chi connectivity index (χ4n) is 2.52. The minimum atomic E-state index is -0.837. The third-order valence-electron chi connectivity index (χ3n) is 3.87. The van der Waals surface area contributed by atoms with E-state index in [1.165, 1.54) is 0 Å². The first-order chi connectivity index (χ1) is 13.0. The molecule has 0 saturated carbocycles. The van der Waals surface area contributed by atoms with E-state index in [1.807, 2.05) is 54.6 Å². The fraction of sp³-hybridized carbons (Fsp3) is 0.143. The van der Waals surface area contributed by atoms with Gasteiger partial charge in [0.15, 0.2) is 0 Å². The number of carboxylic acids is 1. The second kappa shape index (κ2) is 11.0. The average molecular weight is 471 g/mol. The molecule has 0 radical (unpaired) electrons. The minimum absolute atomic E-state index is 0. The SMILES string of the molecule is O=C(O)CCCOc1cc(C=Cc2ccc3ccc(Br)cc3n2)ccc1Cl.[NaH]. The Morgan fingerprint density at radius 2 is 1.93 bits per heavy atom. The van der Waals surface area contributed by atoms with Crippen LogP contribution in [0.3, 0.4) is 0 Å². The number of aromatic nitrogens is 1. The summed E-state index contributed by atoms with van der Waals surface area (Å²) in [6.45, 7) is 0.306. The summed E-state index contributed by atoms with van der Waals surface area (Å²) in [5, 5.41) is 10.2. The topological polar surface area (TPSA) is 59.4 Å². The summed E-state index contributed by atoms with van der Waals surface area (Å²) < 4.78 is 6.59. The molecule has 0 spiro atoms. The quantitative estimate of drug-likeness (QED) is 0.370. The van der Waals surface area contributed by atoms with E-state index in [-0.39, 0.29) is 36.0 Å². The number of carboxylic acid groups (broad SMARTS) is 1. The van der Waals surface area contributed by atoms with Gasteiger partial charge in [0.05, 0.1) is 22.8 Å². The number of ether oxygens (including phenoxy) is 1. The molecule has 0 bridgehead atoms. The van der Waals surface area contributed by atoms with Gasteiger partial charge in [0.25, 0.3) is 0 Å². The van der Waals surface area contributed by atoms with Crippen LogP contribution in [0.5, 0.6) is 5.75 Å². The summed E-state index contributed by atoms with van der Waals surface area (Å²) in [5.41, 5.74) is 2.69. The van der Waals surface area contributed by atoms with Crippen LogP contribution in [0.15, 0.2) is 53.0 Å². The summed E-state index contributed by atoms with van der Waals surface area (Å²) in [6, 6.07) is 15.5. The summed E-state index contributed by atoms with van der Waals surface area (Å²) in [6.07, 6.45) is 4.37. The van der Waals surface area contributed by atoms with Crippen molar-refractivity contribution in [3.05, 3.63) is 69.3 Å². The van der Waals surface area contributed by atoms with Gasteiger partial charge in [-0.1, -0.05) is 51.8 Å². The van der Waals surface area contributed by atoms with E-state index in [2.05, 4.69) is 20.9 Å². The fourth-order valence-corrected chi connectivity index (χ4v) is 3.04. The Hall–Kier alpha value is -1.37. The average Bonchev–Trinajstić information content (AvgIpc) is 2.64. The molecule has 0 fully saturated rings. The number of hydrogen-bond acceptors (Lipinski definition) is 3. The number of nitrogens with zero attached hydrogens (tertiary/aromatic N) is 1. The Balaban J connectivity index is 0.00000280. The zero-order chi connectivity index (χ0) is 19.2. The normalized spacial score (nSPS) is 10.8. The number of pyridine rings is 1. The van der Waals surface area contributed by atoms with E-state index >= 15 is 0 Å². The van der Waals surface area contributed by atoms with Crippen LogP contribution in [0.1, 0.15) is 24.1 Å². The van der Waals surface area contributed by atoms with Gasteiger partial charge in [0.2, 0.25) is 0 Å². The van der Waals surface area contributed by atoms with Crippen LogP contribution in [-0.2, 0) is 4.79 Å². The van der Waals surface area contributed by atoms with Gasteiger partial charge in [-0.05, 0) is 48.4 Å². The van der Waals surface area contributed by atoms with Crippen molar-refractivity contribution in [1.82, 2.24) is 4.98 Å². The molecule has 28 heavy (non-hydrogen) atoms. The van der Waals surface area contributed by atoms with Gasteiger partial charge in [0, 0.05) is 16.3 Å². The first-order valence-electron chi connectivity index (χ1n) is 8.40. The van der Waals surface area contributed by atoms with Gasteiger partial charge in [0.1, 0.15) is 5.75 Å². The van der Waals surface area contributed by atoms with Crippen molar-refractivity contribution in [1.29, 1.82) is 0 Å². The molecule has 140 valence electrons. The van der Waals surface area contributed by atoms with Gasteiger partial charge in [-0.15, -0.1) is 0 Å². The van der Waals surface area contributed by atoms with Crippen LogP contribution >= 0.6 is 27.5 Å². The summed E-state index contributed by atoms with van der Waals surface area (Å²) in [7, 11) is 0. The van der Waals surface area contributed by atoms with Crippen molar-refractivity contribution in [2.45, 2.75) is 12.8 Å². The summed E-state index contributed by atoms with van der Waals surface area (Å²) >= 11 is 9.62. The number of halogens is 2. The molecule has 3 aromatic rings. The molecule has 4 nitrogen and oxygen atoms in total. The predicted molar refractivity (Wildman–Crippen MR) is 119 cm³/mol. The number of fused-ring (bicyclic) bond motifs is 1. The Bertz CT molecular complexity index is 1010. The third-order valence-corrected chi connectivity index (χ3v) is 4.68. The standard InChI is InChI=1S/C21H17BrClNO3.Na.H/c22-16-7-5-15-6-9-17(24-19(15)13-16)8-3-14-4-10-18(23)20(12-14)27-11-1-2-21(25)26;;/h3-10,12-13H,1-2,11H2,(H,25,26);;. The Kier molecular flexibility index (Phi) is 8.99. The molecule has 0 amide bonds. The molecule has 3 rings (SSSR count). The van der Waals surface area contributed by atoms with Gasteiger partial charge in [-0.25, -0.2) is 4.98 Å². The van der Waals surface area contributed by atoms with Crippen LogP contribution in [0.2, 0.25) is 5.02 Å². The molecule has 0 aliphatic heterocycles. The van der Waals surface area contributed by atoms with Crippen molar-refractivity contribution >= 4 is 86.1 Å². The summed E-state index contributed by atoms with van der Waals surface area (Å²) in [4.78, 5) is 15.2. The molecule has 0 aliphatic carbocycles. The third kappa shape index (κ3) is 6.61. The Labute approximate surface area is 199 Å². The first kappa shape index (κ1) is 22.9. The maximum absolute atomic E-state index is 10.6. The van der Waals surface area contributed by atoms with Crippen molar-refractivity contribution in [2.24, 2.45) is 0 Å². The van der Waals surface area contributed by atoms with Gasteiger partial charge < -0.3 is 9.84 Å². The zero-order valence-electron chi connectivity index (χ0n) is 14.4. The molecule has 2 aromatic carbocycles. The number of hydrogen-bond donors (Lipinski definition) is 1. The molecule has 1 aromatic heterocycles. The molecule has 0 saturated heterocycles. The monoisotopic (exact) mass is 469 g/mol. The van der Waals surface area contributed by atoms with Crippen molar-refractivity contribution < 1.29 is 14.6 Å². The zero-order valence-corrected chi connectivity index (χ0v) is 16.7. The van der Waals surface area contributed by atoms with E-state index in [1.54, 1.807) is 6.07 Å². The molecule has 1 heterocycles. The van der Waals surface area contributed by atoms with Crippen molar-refractivity contribution in [3.63, 3.8) is 0 Å². The molecular formula is C21H18BrClNNaO3. The van der Waals surface area contributed by atoms with Crippen molar-refractivity contribution in [2.75, 3.05) is 6.61 Å². The van der Waals surface area contributed by atoms with Crippen LogP contribution in [-0.4, -0.2) is 52.2 Å². The van der Waals surface area contributed by atoms with Crippen molar-refractivity contribution in [3.8, 4) is 5.75 Å². The first-order valence-corrected chi connectivity index (χ1v) is 9.57. The second-order valence-corrected chi connectivity index (χ2v) is 7.26. The van der Waals surface area contributed by atoms with Crippen LogP contribution in [0, 0.1) is 0 Å². The Morgan fingerprint density at radius 3 is 2.71 bits per heavy atom. The van der Waals surface area contributed by atoms with E-state index in [9.17, 15) is 4.79 Å². The van der Waals surface area contributed by atoms with Crippen LogP contribution in [0.25, 0.3) is 23.1 Å². The van der Waals surface area contributed by atoms with E-state index < -0.39 is 5.97 Å². The molecular weight excluding hydrogens is 453 g/mol. The number of carbonyl (C=O) groups is 1. The molecule has 1 N–H and O–H groups in total. The number of benzene rings is 2. The maximum atomic E-state index is 10.6. The van der Waals surface area contributed by atoms with Crippen LogP contribution in [0.4, 0.5) is 0 Å². The molecule has 0 atom stereocenters. The van der Waals surface area contributed by atoms with Gasteiger partial charge in [-0.3, -0.25) is 4.79 Å². The number of rotatable bonds is 7. The summed E-state index contributed by atoms with van der Waals surface area (Å²) in [5.74, 6) is -0.295. The second-order valence-electron chi connectivity index (χ2n) is 5.94. The molecule has 0 aliphatic rings. The predicted octanol–water partition coefficient (Wildman–Crippen LogP) is 5.42. The molecule has 0 unspecified atom stereocenters. The van der Waals surface area contributed by atoms with E-state index in [4.69, 9.17) is 21.4 Å². The van der Waals surface area contributed by atoms with E-state index in [0.717, 1.165) is 26.6 Å². The van der Waals surface area contributed by atoms with Gasteiger partial charge in [-0.2, -0.15) is 0 Å². The van der Waals surface area contributed by atoms with Gasteiger partial charge >= 0.3 is 35.5 Å². The van der Waals surface area contributed by atoms with E-state index in [0.29, 0.717) is 23.8 Å². The Morgan fingerprint density at radius 1 is 1.14 bits per heavy atom. The number of aliphatic carboxylic acids is 1.